The summed E-state index contributed by atoms with van der Waals surface area (Å²) in [6.45, 7) is 2.62. The second-order valence-electron chi connectivity index (χ2n) is 5.08. The first-order valence-electron chi connectivity index (χ1n) is 6.35. The number of amides is 2. The third-order valence-electron chi connectivity index (χ3n) is 3.52. The summed E-state index contributed by atoms with van der Waals surface area (Å²) in [4.78, 5) is 24.7. The van der Waals surface area contributed by atoms with Gasteiger partial charge in [-0.25, -0.2) is 0 Å². The van der Waals surface area contributed by atoms with Crippen LogP contribution in [0.1, 0.15) is 31.4 Å². The second kappa shape index (κ2) is 5.61. The van der Waals surface area contributed by atoms with Gasteiger partial charge in [-0.3, -0.25) is 9.59 Å². The topological polar surface area (TPSA) is 63.4 Å². The van der Waals surface area contributed by atoms with Gasteiger partial charge in [0.1, 0.15) is 0 Å². The van der Waals surface area contributed by atoms with E-state index in [1.165, 1.54) is 0 Å². The molecule has 19 heavy (non-hydrogen) atoms. The zero-order valence-electron chi connectivity index (χ0n) is 10.8. The van der Waals surface area contributed by atoms with Crippen LogP contribution in [0.15, 0.2) is 24.3 Å². The summed E-state index contributed by atoms with van der Waals surface area (Å²) in [7, 11) is 0. The first-order valence-corrected chi connectivity index (χ1v) is 6.72. The Balaban J connectivity index is 2.30. The molecule has 5 heteroatoms. The fourth-order valence-electron chi connectivity index (χ4n) is 2.58. The van der Waals surface area contributed by atoms with Gasteiger partial charge in [-0.15, -0.1) is 0 Å². The number of rotatable bonds is 1. The third kappa shape index (κ3) is 3.07. The zero-order chi connectivity index (χ0) is 14.0. The minimum atomic E-state index is -0.902. The molecule has 0 bridgehead atoms. The van der Waals surface area contributed by atoms with Crippen molar-refractivity contribution in [1.82, 2.24) is 4.90 Å². The van der Waals surface area contributed by atoms with E-state index in [1.54, 1.807) is 11.0 Å². The van der Waals surface area contributed by atoms with Crippen LogP contribution in [0.25, 0.3) is 0 Å². The summed E-state index contributed by atoms with van der Waals surface area (Å²) in [6, 6.07) is 7.28. The molecule has 0 spiro atoms. The highest BCUT2D eigenvalue weighted by molar-refractivity contribution is 6.34. The molecular formula is C14H17ClN2O2. The minimum Gasteiger partial charge on any atom is -0.361 e. The zero-order valence-corrected chi connectivity index (χ0v) is 11.6. The number of nitrogens with zero attached hydrogens (tertiary/aromatic N) is 1. The molecule has 1 aliphatic rings. The third-order valence-corrected chi connectivity index (χ3v) is 3.76. The molecule has 1 aromatic rings. The summed E-state index contributed by atoms with van der Waals surface area (Å²) >= 11 is 5.99. The molecule has 4 nitrogen and oxygen atoms in total. The molecule has 1 heterocycles. The Morgan fingerprint density at radius 3 is 2.74 bits per heavy atom. The molecule has 1 saturated heterocycles. The number of carbonyl (C=O) groups is 2. The van der Waals surface area contributed by atoms with E-state index < -0.39 is 11.8 Å². The molecule has 1 aliphatic heterocycles. The van der Waals surface area contributed by atoms with Crippen LogP contribution in [0.5, 0.6) is 0 Å². The molecule has 0 aromatic heterocycles. The van der Waals surface area contributed by atoms with Crippen molar-refractivity contribution in [3.63, 3.8) is 0 Å². The summed E-state index contributed by atoms with van der Waals surface area (Å²) < 4.78 is 0. The van der Waals surface area contributed by atoms with Crippen LogP contribution in [0.3, 0.4) is 0 Å². The highest BCUT2D eigenvalue weighted by Gasteiger charge is 2.33. The number of likely N-dealkylation sites (tertiary alicyclic amines) is 1. The van der Waals surface area contributed by atoms with Gasteiger partial charge in [-0.1, -0.05) is 30.7 Å². The Labute approximate surface area is 117 Å². The molecule has 1 fully saturated rings. The van der Waals surface area contributed by atoms with E-state index in [4.69, 9.17) is 17.3 Å². The van der Waals surface area contributed by atoms with E-state index in [2.05, 4.69) is 6.92 Å². The van der Waals surface area contributed by atoms with Crippen molar-refractivity contribution < 1.29 is 9.59 Å². The van der Waals surface area contributed by atoms with E-state index >= 15 is 0 Å². The molecule has 1 aromatic carbocycles. The van der Waals surface area contributed by atoms with Crippen LogP contribution in [0, 0.1) is 5.92 Å². The highest BCUT2D eigenvalue weighted by Crippen LogP contribution is 2.34. The van der Waals surface area contributed by atoms with Crippen molar-refractivity contribution in [1.29, 1.82) is 0 Å². The van der Waals surface area contributed by atoms with Crippen molar-refractivity contribution in [3.05, 3.63) is 34.9 Å². The maximum Gasteiger partial charge on any atom is 0.312 e. The Hall–Kier alpha value is -1.55. The lowest BCUT2D eigenvalue weighted by atomic mass is 9.90. The minimum absolute atomic E-state index is 0.116. The van der Waals surface area contributed by atoms with E-state index in [0.717, 1.165) is 18.4 Å². The first-order chi connectivity index (χ1) is 8.99. The summed E-state index contributed by atoms with van der Waals surface area (Å²) in [5.74, 6) is -1.14. The molecule has 2 amide bonds. The van der Waals surface area contributed by atoms with Crippen LogP contribution in [-0.2, 0) is 9.59 Å². The van der Waals surface area contributed by atoms with Gasteiger partial charge in [-0.2, -0.15) is 0 Å². The largest absolute Gasteiger partial charge is 0.361 e. The second-order valence-corrected chi connectivity index (χ2v) is 5.51. The number of hydrogen-bond donors (Lipinski definition) is 1. The van der Waals surface area contributed by atoms with Crippen LogP contribution in [0.2, 0.25) is 5.02 Å². The average Bonchev–Trinajstić information content (AvgIpc) is 2.37. The first kappa shape index (κ1) is 13.9. The maximum atomic E-state index is 11.9. The van der Waals surface area contributed by atoms with Gasteiger partial charge < -0.3 is 10.6 Å². The lowest BCUT2D eigenvalue weighted by molar-refractivity contribution is -0.147. The van der Waals surface area contributed by atoms with Crippen molar-refractivity contribution in [2.75, 3.05) is 6.54 Å². The number of nitrogens with two attached hydrogens (primary N) is 1. The van der Waals surface area contributed by atoms with Gasteiger partial charge in [0, 0.05) is 11.6 Å². The van der Waals surface area contributed by atoms with Crippen LogP contribution in [-0.4, -0.2) is 23.3 Å². The van der Waals surface area contributed by atoms with Crippen molar-refractivity contribution in [2.45, 2.75) is 25.8 Å². The molecule has 0 unspecified atom stereocenters. The molecule has 0 aliphatic carbocycles. The number of piperidine rings is 1. The molecule has 2 rings (SSSR count). The van der Waals surface area contributed by atoms with Gasteiger partial charge in [-0.05, 0) is 36.5 Å². The summed E-state index contributed by atoms with van der Waals surface area (Å²) in [6.07, 6.45) is 1.83. The quantitative estimate of drug-likeness (QED) is 0.801. The average molecular weight is 281 g/mol. The molecule has 0 radical (unpaired) electrons. The van der Waals surface area contributed by atoms with Gasteiger partial charge in [0.25, 0.3) is 0 Å². The van der Waals surface area contributed by atoms with E-state index in [1.807, 2.05) is 18.2 Å². The number of halogens is 1. The van der Waals surface area contributed by atoms with Crippen LogP contribution in [0.4, 0.5) is 0 Å². The predicted molar refractivity (Wildman–Crippen MR) is 73.5 cm³/mol. The van der Waals surface area contributed by atoms with Crippen LogP contribution >= 0.6 is 11.6 Å². The van der Waals surface area contributed by atoms with Gasteiger partial charge in [0.2, 0.25) is 0 Å². The Morgan fingerprint density at radius 1 is 1.37 bits per heavy atom. The van der Waals surface area contributed by atoms with E-state index in [-0.39, 0.29) is 6.04 Å². The maximum absolute atomic E-state index is 11.9. The molecule has 2 atom stereocenters. The lowest BCUT2D eigenvalue weighted by Crippen LogP contribution is -2.46. The Morgan fingerprint density at radius 2 is 2.11 bits per heavy atom. The van der Waals surface area contributed by atoms with Crippen molar-refractivity contribution in [3.8, 4) is 0 Å². The smallest absolute Gasteiger partial charge is 0.312 e. The number of carbonyl (C=O) groups excluding carboxylic acids is 2. The van der Waals surface area contributed by atoms with E-state index in [9.17, 15) is 9.59 Å². The molecule has 102 valence electrons. The van der Waals surface area contributed by atoms with Crippen LogP contribution < -0.4 is 5.73 Å². The SMILES string of the molecule is C[C@H]1CC[C@H](c2cccc(Cl)c2)N(C(=O)C(N)=O)C1. The monoisotopic (exact) mass is 280 g/mol. The van der Waals surface area contributed by atoms with Crippen molar-refractivity contribution >= 4 is 23.4 Å². The lowest BCUT2D eigenvalue weighted by Gasteiger charge is -2.38. The number of primary amides is 1. The predicted octanol–water partition coefficient (Wildman–Crippen LogP) is 2.12. The van der Waals surface area contributed by atoms with Crippen molar-refractivity contribution in [2.24, 2.45) is 11.7 Å². The number of benzene rings is 1. The standard InChI is InChI=1S/C14H17ClN2O2/c1-9-5-6-12(10-3-2-4-11(15)7-10)17(8-9)14(19)13(16)18/h2-4,7,9,12H,5-6,8H2,1H3,(H2,16,18)/t9-,12+/m0/s1. The molecular weight excluding hydrogens is 264 g/mol. The highest BCUT2D eigenvalue weighted by atomic mass is 35.5. The number of hydrogen-bond acceptors (Lipinski definition) is 2. The van der Waals surface area contributed by atoms with E-state index in [0.29, 0.717) is 17.5 Å². The van der Waals surface area contributed by atoms with Gasteiger partial charge in [0.15, 0.2) is 0 Å². The Bertz CT molecular complexity index is 504. The fraction of sp³-hybridized carbons (Fsp3) is 0.429. The normalized spacial score (nSPS) is 23.2. The Kier molecular flexibility index (Phi) is 4.10. The van der Waals surface area contributed by atoms with Gasteiger partial charge in [0.05, 0.1) is 6.04 Å². The van der Waals surface area contributed by atoms with Gasteiger partial charge >= 0.3 is 11.8 Å². The summed E-state index contributed by atoms with van der Waals surface area (Å²) in [5.41, 5.74) is 6.08. The summed E-state index contributed by atoms with van der Waals surface area (Å²) in [5, 5.41) is 0.627. The molecule has 0 saturated carbocycles. The fourth-order valence-corrected chi connectivity index (χ4v) is 2.78. The molecule has 2 N–H and O–H groups in total.